The summed E-state index contributed by atoms with van der Waals surface area (Å²) in [6, 6.07) is 10.4. The number of aldehydes is 1. The fourth-order valence-electron chi connectivity index (χ4n) is 4.89. The zero-order chi connectivity index (χ0) is 17.5. The Morgan fingerprint density at radius 2 is 1.52 bits per heavy atom. The fraction of sp³-hybridized carbons (Fsp3) is 0.565. The van der Waals surface area contributed by atoms with Crippen molar-refractivity contribution in [2.45, 2.75) is 63.7 Å². The van der Waals surface area contributed by atoms with Crippen molar-refractivity contribution in [3.05, 3.63) is 47.5 Å². The molecule has 0 aromatic heterocycles. The van der Waals surface area contributed by atoms with Crippen LogP contribution < -0.4 is 0 Å². The highest BCUT2D eigenvalue weighted by atomic mass is 16.1. The molecule has 0 bridgehead atoms. The molecular formula is C23H29NO. The van der Waals surface area contributed by atoms with Crippen LogP contribution in [0.3, 0.4) is 0 Å². The Balaban J connectivity index is 1.45. The van der Waals surface area contributed by atoms with E-state index in [0.29, 0.717) is 18.3 Å². The minimum Gasteiger partial charge on any atom is -0.303 e. The predicted octanol–water partition coefficient (Wildman–Crippen LogP) is 5.78. The molecule has 2 saturated carbocycles. The SMILES string of the molecule is N#Cc1ccc(C2CCC([C@H]3CC[C@H](/C=C/CC=O)CC3)CC2)cc1. The minimum atomic E-state index is 0.569. The van der Waals surface area contributed by atoms with Gasteiger partial charge in [0.2, 0.25) is 0 Å². The first-order chi connectivity index (χ1) is 12.3. The lowest BCUT2D eigenvalue weighted by atomic mass is 9.68. The van der Waals surface area contributed by atoms with E-state index in [0.717, 1.165) is 23.7 Å². The first kappa shape index (κ1) is 17.9. The van der Waals surface area contributed by atoms with Crippen LogP contribution in [0.2, 0.25) is 0 Å². The molecule has 0 unspecified atom stereocenters. The molecule has 25 heavy (non-hydrogen) atoms. The summed E-state index contributed by atoms with van der Waals surface area (Å²) in [6.07, 6.45) is 16.5. The van der Waals surface area contributed by atoms with Gasteiger partial charge in [-0.3, -0.25) is 0 Å². The highest BCUT2D eigenvalue weighted by molar-refractivity contribution is 5.51. The zero-order valence-electron chi connectivity index (χ0n) is 15.1. The number of hydrogen-bond acceptors (Lipinski definition) is 2. The molecule has 0 spiro atoms. The number of carbonyl (C=O) groups is 1. The molecule has 2 aliphatic carbocycles. The van der Waals surface area contributed by atoms with E-state index >= 15 is 0 Å². The summed E-state index contributed by atoms with van der Waals surface area (Å²) in [4.78, 5) is 10.4. The smallest absolute Gasteiger partial charge is 0.123 e. The van der Waals surface area contributed by atoms with Crippen molar-refractivity contribution in [3.63, 3.8) is 0 Å². The van der Waals surface area contributed by atoms with Crippen LogP contribution in [0.15, 0.2) is 36.4 Å². The Labute approximate surface area is 151 Å². The lowest BCUT2D eigenvalue weighted by Gasteiger charge is -2.37. The van der Waals surface area contributed by atoms with Gasteiger partial charge in [-0.05, 0) is 92.7 Å². The predicted molar refractivity (Wildman–Crippen MR) is 101 cm³/mol. The summed E-state index contributed by atoms with van der Waals surface area (Å²) in [6.45, 7) is 0. The molecule has 0 saturated heterocycles. The van der Waals surface area contributed by atoms with E-state index in [-0.39, 0.29) is 0 Å². The van der Waals surface area contributed by atoms with Crippen LogP contribution in [0.25, 0.3) is 0 Å². The van der Waals surface area contributed by atoms with E-state index in [9.17, 15) is 4.79 Å². The second-order valence-corrected chi connectivity index (χ2v) is 7.85. The molecule has 0 atom stereocenters. The molecule has 0 radical (unpaired) electrons. The van der Waals surface area contributed by atoms with Crippen LogP contribution in [0, 0.1) is 29.1 Å². The van der Waals surface area contributed by atoms with Crippen molar-refractivity contribution in [2.24, 2.45) is 17.8 Å². The van der Waals surface area contributed by atoms with Crippen molar-refractivity contribution >= 4 is 6.29 Å². The molecule has 2 aliphatic rings. The van der Waals surface area contributed by atoms with Gasteiger partial charge in [0, 0.05) is 6.42 Å². The summed E-state index contributed by atoms with van der Waals surface area (Å²) in [7, 11) is 0. The van der Waals surface area contributed by atoms with E-state index in [1.54, 1.807) is 0 Å². The van der Waals surface area contributed by atoms with Gasteiger partial charge in [0.1, 0.15) is 6.29 Å². The number of hydrogen-bond donors (Lipinski definition) is 0. The van der Waals surface area contributed by atoms with Gasteiger partial charge in [-0.15, -0.1) is 0 Å². The molecule has 0 heterocycles. The summed E-state index contributed by atoms with van der Waals surface area (Å²) >= 11 is 0. The number of allylic oxidation sites excluding steroid dienone is 2. The second-order valence-electron chi connectivity index (χ2n) is 7.85. The number of benzene rings is 1. The number of rotatable bonds is 5. The van der Waals surface area contributed by atoms with Gasteiger partial charge in [-0.25, -0.2) is 0 Å². The van der Waals surface area contributed by atoms with E-state index < -0.39 is 0 Å². The highest BCUT2D eigenvalue weighted by Gasteiger charge is 2.30. The average molecular weight is 335 g/mol. The molecule has 0 N–H and O–H groups in total. The van der Waals surface area contributed by atoms with Gasteiger partial charge < -0.3 is 4.79 Å². The molecule has 2 fully saturated rings. The summed E-state index contributed by atoms with van der Waals surface area (Å²) < 4.78 is 0. The molecule has 0 aliphatic heterocycles. The first-order valence-electron chi connectivity index (χ1n) is 9.90. The number of carbonyl (C=O) groups excluding carboxylic acids is 1. The largest absolute Gasteiger partial charge is 0.303 e. The molecule has 1 aromatic rings. The van der Waals surface area contributed by atoms with Crippen LogP contribution in [0.5, 0.6) is 0 Å². The maximum absolute atomic E-state index is 10.4. The van der Waals surface area contributed by atoms with E-state index in [1.807, 2.05) is 18.2 Å². The molecule has 0 amide bonds. The van der Waals surface area contributed by atoms with Gasteiger partial charge in [-0.1, -0.05) is 24.3 Å². The third-order valence-electron chi connectivity index (χ3n) is 6.41. The molecule has 2 nitrogen and oxygen atoms in total. The first-order valence-corrected chi connectivity index (χ1v) is 9.90. The quantitative estimate of drug-likeness (QED) is 0.505. The Kier molecular flexibility index (Phi) is 6.45. The Morgan fingerprint density at radius 3 is 2.08 bits per heavy atom. The lowest BCUT2D eigenvalue weighted by molar-refractivity contribution is -0.107. The van der Waals surface area contributed by atoms with Crippen molar-refractivity contribution in [1.82, 2.24) is 0 Å². The van der Waals surface area contributed by atoms with Gasteiger partial charge in [0.25, 0.3) is 0 Å². The number of nitriles is 1. The Morgan fingerprint density at radius 1 is 0.920 bits per heavy atom. The third-order valence-corrected chi connectivity index (χ3v) is 6.41. The summed E-state index contributed by atoms with van der Waals surface area (Å²) in [5, 5.41) is 8.93. The highest BCUT2D eigenvalue weighted by Crippen LogP contribution is 2.44. The minimum absolute atomic E-state index is 0.569. The monoisotopic (exact) mass is 335 g/mol. The van der Waals surface area contributed by atoms with Gasteiger partial charge >= 0.3 is 0 Å². The van der Waals surface area contributed by atoms with Crippen molar-refractivity contribution in [3.8, 4) is 6.07 Å². The molecular weight excluding hydrogens is 306 g/mol. The van der Waals surface area contributed by atoms with Crippen molar-refractivity contribution in [1.29, 1.82) is 5.26 Å². The topological polar surface area (TPSA) is 40.9 Å². The fourth-order valence-corrected chi connectivity index (χ4v) is 4.89. The molecule has 3 rings (SSSR count). The van der Waals surface area contributed by atoms with Crippen molar-refractivity contribution in [2.75, 3.05) is 0 Å². The van der Waals surface area contributed by atoms with Crippen LogP contribution in [-0.4, -0.2) is 6.29 Å². The summed E-state index contributed by atoms with van der Waals surface area (Å²) in [5.74, 6) is 3.21. The van der Waals surface area contributed by atoms with Crippen LogP contribution >= 0.6 is 0 Å². The molecule has 132 valence electrons. The van der Waals surface area contributed by atoms with Gasteiger partial charge in [0.15, 0.2) is 0 Å². The summed E-state index contributed by atoms with van der Waals surface area (Å²) in [5.41, 5.74) is 2.18. The van der Waals surface area contributed by atoms with E-state index in [1.165, 1.54) is 56.9 Å². The van der Waals surface area contributed by atoms with Gasteiger partial charge in [-0.2, -0.15) is 5.26 Å². The maximum Gasteiger partial charge on any atom is 0.123 e. The molecule has 1 aromatic carbocycles. The zero-order valence-corrected chi connectivity index (χ0v) is 15.1. The van der Waals surface area contributed by atoms with E-state index in [4.69, 9.17) is 5.26 Å². The lowest BCUT2D eigenvalue weighted by Crippen LogP contribution is -2.25. The normalized spacial score (nSPS) is 30.0. The standard InChI is InChI=1S/C23H29NO/c24-17-19-6-10-21(11-7-19)23-14-12-22(13-15-23)20-8-4-18(5-9-20)3-1-2-16-25/h1,3,6-7,10-11,16,18,20,22-23H,2,4-5,8-9,12-15H2/b3-1+/t18-,20-,22?,23?. The maximum atomic E-state index is 10.4. The average Bonchev–Trinajstić information content (AvgIpc) is 2.69. The Bertz CT molecular complexity index is 608. The Hall–Kier alpha value is -1.88. The van der Waals surface area contributed by atoms with E-state index in [2.05, 4.69) is 24.3 Å². The van der Waals surface area contributed by atoms with Gasteiger partial charge in [0.05, 0.1) is 11.6 Å². The van der Waals surface area contributed by atoms with Crippen molar-refractivity contribution < 1.29 is 4.79 Å². The molecule has 2 heteroatoms. The van der Waals surface area contributed by atoms with Crippen LogP contribution in [-0.2, 0) is 4.79 Å². The number of nitrogens with zero attached hydrogens (tertiary/aromatic N) is 1. The van der Waals surface area contributed by atoms with Crippen LogP contribution in [0.4, 0.5) is 0 Å². The second kappa shape index (κ2) is 8.99. The van der Waals surface area contributed by atoms with Crippen LogP contribution in [0.1, 0.15) is 74.8 Å². The third kappa shape index (κ3) is 4.82.